The number of hydrogen-bond acceptors (Lipinski definition) is 2. The van der Waals surface area contributed by atoms with Crippen molar-refractivity contribution >= 4 is 5.82 Å². The minimum atomic E-state index is -4.41. The maximum absolute atomic E-state index is 12.8. The first-order valence-corrected chi connectivity index (χ1v) is 4.85. The highest BCUT2D eigenvalue weighted by Crippen LogP contribution is 2.36. The Morgan fingerprint density at radius 3 is 2.41 bits per heavy atom. The molecule has 0 amide bonds. The van der Waals surface area contributed by atoms with Crippen LogP contribution in [0.15, 0.2) is 30.5 Å². The summed E-state index contributed by atoms with van der Waals surface area (Å²) in [7, 11) is 1.60. The molecule has 2 rings (SSSR count). The van der Waals surface area contributed by atoms with Crippen LogP contribution in [-0.4, -0.2) is 9.55 Å². The number of benzene rings is 1. The molecule has 0 aliphatic rings. The van der Waals surface area contributed by atoms with Gasteiger partial charge in [0.2, 0.25) is 0 Å². The Bertz CT molecular complexity index is 543. The Balaban J connectivity index is 2.64. The summed E-state index contributed by atoms with van der Waals surface area (Å²) in [5.74, 6) is 0.398. The molecular weight excluding hydrogens is 231 g/mol. The first-order valence-electron chi connectivity index (χ1n) is 4.85. The number of anilines is 1. The molecule has 1 aromatic carbocycles. The normalized spacial score (nSPS) is 11.8. The quantitative estimate of drug-likeness (QED) is 0.834. The van der Waals surface area contributed by atoms with Crippen molar-refractivity contribution < 1.29 is 13.2 Å². The van der Waals surface area contributed by atoms with Gasteiger partial charge in [0.25, 0.3) is 0 Å². The molecule has 6 heteroatoms. The molecule has 2 aromatic rings. The molecule has 17 heavy (non-hydrogen) atoms. The largest absolute Gasteiger partial charge is 0.417 e. The lowest BCUT2D eigenvalue weighted by molar-refractivity contribution is -0.137. The van der Waals surface area contributed by atoms with Gasteiger partial charge in [-0.1, -0.05) is 18.2 Å². The molecule has 0 unspecified atom stereocenters. The average Bonchev–Trinajstić information content (AvgIpc) is 2.56. The molecule has 0 saturated carbocycles. The predicted molar refractivity (Wildman–Crippen MR) is 58.1 cm³/mol. The van der Waals surface area contributed by atoms with Crippen molar-refractivity contribution in [3.8, 4) is 11.4 Å². The summed E-state index contributed by atoms with van der Waals surface area (Å²) in [6, 6.07) is 5.29. The first kappa shape index (κ1) is 11.5. The zero-order chi connectivity index (χ0) is 12.6. The smallest absolute Gasteiger partial charge is 0.382 e. The molecule has 0 saturated heterocycles. The van der Waals surface area contributed by atoms with Crippen molar-refractivity contribution in [2.24, 2.45) is 7.05 Å². The van der Waals surface area contributed by atoms with Gasteiger partial charge in [0.1, 0.15) is 11.6 Å². The van der Waals surface area contributed by atoms with E-state index in [0.29, 0.717) is 0 Å². The molecule has 1 aromatic heterocycles. The van der Waals surface area contributed by atoms with Crippen LogP contribution in [-0.2, 0) is 13.2 Å². The van der Waals surface area contributed by atoms with E-state index in [0.717, 1.165) is 6.07 Å². The molecule has 0 bridgehead atoms. The van der Waals surface area contributed by atoms with Crippen LogP contribution < -0.4 is 5.73 Å². The third kappa shape index (κ3) is 2.11. The van der Waals surface area contributed by atoms with Crippen LogP contribution in [0, 0.1) is 0 Å². The Morgan fingerprint density at radius 1 is 1.24 bits per heavy atom. The van der Waals surface area contributed by atoms with Gasteiger partial charge in [0.15, 0.2) is 0 Å². The second-order valence-electron chi connectivity index (χ2n) is 3.64. The molecule has 0 atom stereocenters. The molecule has 0 aliphatic heterocycles. The van der Waals surface area contributed by atoms with Crippen molar-refractivity contribution in [1.82, 2.24) is 9.55 Å². The summed E-state index contributed by atoms with van der Waals surface area (Å²) in [6.45, 7) is 0. The summed E-state index contributed by atoms with van der Waals surface area (Å²) in [6.07, 6.45) is -2.93. The van der Waals surface area contributed by atoms with Gasteiger partial charge in [-0.15, -0.1) is 0 Å². The standard InChI is InChI=1S/C11H10F3N3/c1-17-6-9(15)16-10(17)7-4-2-3-5-8(7)11(12,13)14/h2-6H,15H2,1H3. The highest BCUT2D eigenvalue weighted by molar-refractivity contribution is 5.63. The molecule has 0 fully saturated rings. The van der Waals surface area contributed by atoms with Crippen molar-refractivity contribution in [2.45, 2.75) is 6.18 Å². The van der Waals surface area contributed by atoms with Crippen molar-refractivity contribution in [3.63, 3.8) is 0 Å². The minimum absolute atomic E-state index is 0.0270. The number of imidazole rings is 1. The molecule has 0 spiro atoms. The average molecular weight is 241 g/mol. The van der Waals surface area contributed by atoms with Crippen LogP contribution >= 0.6 is 0 Å². The van der Waals surface area contributed by atoms with Crippen LogP contribution in [0.2, 0.25) is 0 Å². The Morgan fingerprint density at radius 2 is 1.88 bits per heavy atom. The van der Waals surface area contributed by atoms with Crippen LogP contribution in [0.1, 0.15) is 5.56 Å². The topological polar surface area (TPSA) is 43.8 Å². The van der Waals surface area contributed by atoms with E-state index < -0.39 is 11.7 Å². The predicted octanol–water partition coefficient (Wildman–Crippen LogP) is 2.69. The van der Waals surface area contributed by atoms with Crippen LogP contribution in [0.5, 0.6) is 0 Å². The number of rotatable bonds is 1. The van der Waals surface area contributed by atoms with Crippen molar-refractivity contribution in [2.75, 3.05) is 5.73 Å². The molecule has 0 aliphatic carbocycles. The van der Waals surface area contributed by atoms with E-state index in [9.17, 15) is 13.2 Å². The van der Waals surface area contributed by atoms with Gasteiger partial charge in [-0.05, 0) is 6.07 Å². The van der Waals surface area contributed by atoms with E-state index in [-0.39, 0.29) is 17.2 Å². The van der Waals surface area contributed by atoms with E-state index in [4.69, 9.17) is 5.73 Å². The van der Waals surface area contributed by atoms with Crippen LogP contribution in [0.4, 0.5) is 19.0 Å². The zero-order valence-electron chi connectivity index (χ0n) is 8.99. The summed E-state index contributed by atoms with van der Waals surface area (Å²) in [4.78, 5) is 3.90. The number of hydrogen-bond donors (Lipinski definition) is 1. The van der Waals surface area contributed by atoms with Crippen LogP contribution in [0.3, 0.4) is 0 Å². The Labute approximate surface area is 95.7 Å². The number of nitrogens with zero attached hydrogens (tertiary/aromatic N) is 2. The number of alkyl halides is 3. The lowest BCUT2D eigenvalue weighted by Crippen LogP contribution is -2.08. The number of aromatic nitrogens is 2. The van der Waals surface area contributed by atoms with Gasteiger partial charge in [-0.3, -0.25) is 0 Å². The lowest BCUT2D eigenvalue weighted by Gasteiger charge is -2.11. The van der Waals surface area contributed by atoms with Gasteiger partial charge >= 0.3 is 6.18 Å². The van der Waals surface area contributed by atoms with Gasteiger partial charge < -0.3 is 10.3 Å². The molecule has 1 heterocycles. The Kier molecular flexibility index (Phi) is 2.57. The van der Waals surface area contributed by atoms with Gasteiger partial charge in [-0.25, -0.2) is 4.98 Å². The van der Waals surface area contributed by atoms with E-state index in [1.54, 1.807) is 7.05 Å². The number of nitrogens with two attached hydrogens (primary N) is 1. The summed E-state index contributed by atoms with van der Waals surface area (Å²) < 4.78 is 39.9. The highest BCUT2D eigenvalue weighted by Gasteiger charge is 2.34. The van der Waals surface area contributed by atoms with Gasteiger partial charge in [-0.2, -0.15) is 13.2 Å². The fourth-order valence-electron chi connectivity index (χ4n) is 1.67. The van der Waals surface area contributed by atoms with Gasteiger partial charge in [0, 0.05) is 18.8 Å². The van der Waals surface area contributed by atoms with Crippen molar-refractivity contribution in [1.29, 1.82) is 0 Å². The van der Waals surface area contributed by atoms with E-state index in [1.807, 2.05) is 0 Å². The van der Waals surface area contributed by atoms with E-state index in [2.05, 4.69) is 4.98 Å². The maximum atomic E-state index is 12.8. The monoisotopic (exact) mass is 241 g/mol. The highest BCUT2D eigenvalue weighted by atomic mass is 19.4. The van der Waals surface area contributed by atoms with E-state index in [1.165, 1.54) is 29.0 Å². The third-order valence-corrected chi connectivity index (χ3v) is 2.37. The second-order valence-corrected chi connectivity index (χ2v) is 3.64. The molecule has 3 nitrogen and oxygen atoms in total. The second kappa shape index (κ2) is 3.80. The fraction of sp³-hybridized carbons (Fsp3) is 0.182. The molecular formula is C11H10F3N3. The lowest BCUT2D eigenvalue weighted by atomic mass is 10.1. The third-order valence-electron chi connectivity index (χ3n) is 2.37. The van der Waals surface area contributed by atoms with Gasteiger partial charge in [0.05, 0.1) is 5.56 Å². The number of aryl methyl sites for hydroxylation is 1. The van der Waals surface area contributed by atoms with Crippen LogP contribution in [0.25, 0.3) is 11.4 Å². The number of halogens is 3. The van der Waals surface area contributed by atoms with Crippen molar-refractivity contribution in [3.05, 3.63) is 36.0 Å². The van der Waals surface area contributed by atoms with E-state index >= 15 is 0 Å². The summed E-state index contributed by atoms with van der Waals surface area (Å²) in [5, 5.41) is 0. The minimum Gasteiger partial charge on any atom is -0.382 e. The summed E-state index contributed by atoms with van der Waals surface area (Å²) in [5.41, 5.74) is 4.78. The molecule has 2 N–H and O–H groups in total. The molecule has 90 valence electrons. The maximum Gasteiger partial charge on any atom is 0.417 e. The Hall–Kier alpha value is -1.98. The first-order chi connectivity index (χ1) is 7.89. The molecule has 0 radical (unpaired) electrons. The zero-order valence-corrected chi connectivity index (χ0v) is 8.99. The summed E-state index contributed by atoms with van der Waals surface area (Å²) >= 11 is 0. The fourth-order valence-corrected chi connectivity index (χ4v) is 1.67. The SMILES string of the molecule is Cn1cc(N)nc1-c1ccccc1C(F)(F)F. The number of nitrogen functional groups attached to an aromatic ring is 1.